The SMILES string of the molecule is C[C@](O)(CBr)C(=O)O.N#Cc1cn[nH]c1Br.[C-]#[N+]c1ncc(CC(=O)[C@@](C)(O)CBr)cc1C.[C-]#[N+]c1ncc(CC(=O)[C@@](C)(O)CBr)cc1C.[C-]#[N+]c1ncc(CC(=O)[C@@](C)(O)Cn2cc(C#N)c(Br)n2)cc1C.[C-]#[N+]c1ncc(N)cc1C.[C-]#[N+]c1ncc(NC(=O)[C@@](C)(O)Cn2cc(C#N)c(-c3ccccc3)n2)cc1C. The second-order valence-electron chi connectivity index (χ2n) is 25.5. The number of nitriles is 3. The summed E-state index contributed by atoms with van der Waals surface area (Å²) in [5.74, 6) is -1.15. The number of nitrogens with one attached hydrogen (secondary N) is 2. The quantitative estimate of drug-likeness (QED) is 0.0253. The maximum atomic E-state index is 12.6. The van der Waals surface area contributed by atoms with Gasteiger partial charge in [-0.2, -0.15) is 31.1 Å². The molecule has 0 fully saturated rings. The molecular formula is C76H74Br5N21O11. The number of carbonyl (C=O) groups is 5. The van der Waals surface area contributed by atoms with Gasteiger partial charge in [0.05, 0.1) is 36.2 Å². The fraction of sp³-hybridized carbons (Fsp3) is 0.303. The number of hydrogen-bond donors (Lipinski definition) is 9. The summed E-state index contributed by atoms with van der Waals surface area (Å²) in [6.45, 7) is 50.0. The van der Waals surface area contributed by atoms with E-state index in [9.17, 15) is 49.7 Å². The number of anilines is 2. The third-order valence-corrected chi connectivity index (χ3v) is 19.7. The number of Topliss-reactive ketones (excluding diaryl/α,β-unsaturated/α-hetero) is 3. The number of pyridine rings is 5. The number of rotatable bonds is 20. The van der Waals surface area contributed by atoms with Crippen molar-refractivity contribution in [3.05, 3.63) is 238 Å². The predicted molar refractivity (Wildman–Crippen MR) is 436 cm³/mol. The standard InChI is InChI=1S/C21H18N6O2.C16H14BrN5O2.2C12H13BrN2O2.C7H7N3.C4H2BrN3.C4H7BrO3/c1-14-9-17(11-24-19(14)23-3)25-20(28)21(2,29)13-27-12-16(10-22)18(26-27)15-7-5-4-6-8-15;1-10-4-11(7-20-15(10)19-3)5-13(23)16(2,24)9-22-8-12(6-18)14(17)21-22;2*1-8-4-9(6-15-11(8)14-3)5-10(16)12(2,17)7-13;1-5-3-6(8)4-10-7(5)9-2;5-4-3(1-6)2-7-8-4;1-4(8,2-5)3(6)7/h4-9,11-12,29H,13H2,1-2H3,(H,25,28);4,7-8,24H,5,9H2,1-2H3;2*4,6,17H,5,7H2,1-2H3;3-4H,8H2,1H3;2H,(H,7,8);8H,2H2,1H3,(H,6,7)/t21-;16-;2*12-;;;4-/m0000..0/s1. The highest BCUT2D eigenvalue weighted by Crippen LogP contribution is 2.27. The molecule has 0 spiro atoms. The number of nitrogens with zero attached hydrogens (tertiary/aromatic N) is 18. The molecule has 32 nitrogen and oxygen atoms in total. The summed E-state index contributed by atoms with van der Waals surface area (Å²) in [5, 5.41) is 102. The van der Waals surface area contributed by atoms with Gasteiger partial charge in [0, 0.05) is 69.9 Å². The van der Waals surface area contributed by atoms with Crippen LogP contribution in [-0.2, 0) is 56.3 Å². The fourth-order valence-corrected chi connectivity index (χ4v) is 10.2. The van der Waals surface area contributed by atoms with Gasteiger partial charge >= 0.3 is 5.97 Å². The van der Waals surface area contributed by atoms with Crippen LogP contribution in [0.2, 0.25) is 0 Å². The van der Waals surface area contributed by atoms with E-state index >= 15 is 0 Å². The van der Waals surface area contributed by atoms with Gasteiger partial charge in [0.15, 0.2) is 28.6 Å². The molecule has 37 heteroatoms. The zero-order chi connectivity index (χ0) is 85.4. The van der Waals surface area contributed by atoms with Crippen molar-refractivity contribution in [3.63, 3.8) is 0 Å². The molecule has 5 atom stereocenters. The highest BCUT2D eigenvalue weighted by atomic mass is 79.9. The third-order valence-electron chi connectivity index (χ3n) is 15.3. The Hall–Kier alpha value is -11.5. The number of aromatic nitrogens is 11. The Balaban J connectivity index is 0.000000358. The largest absolute Gasteiger partial charge is 0.479 e. The second-order valence-corrected chi connectivity index (χ2v) is 28.8. The average molecular weight is 1860 g/mol. The van der Waals surface area contributed by atoms with Crippen molar-refractivity contribution >= 4 is 149 Å². The molecule has 8 aromatic heterocycles. The number of aliphatic hydroxyl groups is 5. The first kappa shape index (κ1) is 95.7. The van der Waals surface area contributed by atoms with Gasteiger partial charge in [-0.25, -0.2) is 4.79 Å². The summed E-state index contributed by atoms with van der Waals surface area (Å²) in [4.78, 5) is 94.4. The Bertz CT molecular complexity index is 5170. The lowest BCUT2D eigenvalue weighted by atomic mass is 9.95. The molecule has 113 heavy (non-hydrogen) atoms. The molecule has 8 heterocycles. The number of aromatic amines is 1. The van der Waals surface area contributed by atoms with Crippen LogP contribution < -0.4 is 11.1 Å². The second kappa shape index (κ2) is 44.5. The molecule has 0 aliphatic heterocycles. The average Bonchev–Trinajstić information content (AvgIpc) is 1.71. The van der Waals surface area contributed by atoms with Crippen molar-refractivity contribution in [3.8, 4) is 29.5 Å². The number of nitrogen functional groups attached to an aromatic ring is 1. The lowest BCUT2D eigenvalue weighted by Gasteiger charge is -2.22. The summed E-state index contributed by atoms with van der Waals surface area (Å²) < 4.78 is 3.74. The molecule has 0 saturated carbocycles. The van der Waals surface area contributed by atoms with Crippen molar-refractivity contribution in [2.75, 3.05) is 27.0 Å². The van der Waals surface area contributed by atoms with Crippen molar-refractivity contribution < 1.29 is 54.6 Å². The Labute approximate surface area is 693 Å². The topological polar surface area (TPSA) is 467 Å². The normalized spacial score (nSPS) is 12.7. The Morgan fingerprint density at radius 2 is 0.885 bits per heavy atom. The van der Waals surface area contributed by atoms with Crippen LogP contribution in [0, 0.1) is 101 Å². The van der Waals surface area contributed by atoms with E-state index in [2.05, 4.69) is 161 Å². The molecule has 0 bridgehead atoms. The molecule has 1 amide bonds. The van der Waals surface area contributed by atoms with E-state index in [-0.39, 0.29) is 65.7 Å². The highest BCUT2D eigenvalue weighted by molar-refractivity contribution is 9.11. The summed E-state index contributed by atoms with van der Waals surface area (Å²) in [6.07, 6.45) is 12.0. The number of ketones is 3. The number of nitrogens with two attached hydrogens (primary N) is 1. The van der Waals surface area contributed by atoms with Gasteiger partial charge in [-0.05, 0) is 141 Å². The Morgan fingerprint density at radius 1 is 0.513 bits per heavy atom. The molecule has 10 N–H and O–H groups in total. The lowest BCUT2D eigenvalue weighted by Crippen LogP contribution is -2.43. The molecule has 9 aromatic rings. The smallest absolute Gasteiger partial charge is 0.336 e. The predicted octanol–water partition coefficient (Wildman–Crippen LogP) is 12.6. The highest BCUT2D eigenvalue weighted by Gasteiger charge is 2.35. The third kappa shape index (κ3) is 29.9. The number of amides is 1. The number of alkyl halides is 3. The first-order valence-corrected chi connectivity index (χ1v) is 37.6. The van der Waals surface area contributed by atoms with Gasteiger partial charge in [-0.3, -0.25) is 33.6 Å². The number of carbonyl (C=O) groups excluding carboxylic acids is 4. The van der Waals surface area contributed by atoms with Crippen LogP contribution in [0.25, 0.3) is 35.5 Å². The number of aliphatic carboxylic acids is 1. The van der Waals surface area contributed by atoms with Crippen LogP contribution in [0.4, 0.5) is 40.5 Å². The molecule has 0 aliphatic carbocycles. The molecule has 9 rings (SSSR count). The van der Waals surface area contributed by atoms with E-state index in [0.29, 0.717) is 94.1 Å². The first-order valence-electron chi connectivity index (χ1n) is 32.6. The van der Waals surface area contributed by atoms with Gasteiger partial charge in [-0.15, -0.1) is 24.9 Å². The van der Waals surface area contributed by atoms with Crippen LogP contribution in [0.5, 0.6) is 0 Å². The number of H-pyrrole nitrogens is 1. The number of carboxylic acids is 1. The number of halogens is 5. The van der Waals surface area contributed by atoms with E-state index in [0.717, 1.165) is 22.3 Å². The monoisotopic (exact) mass is 1850 g/mol. The summed E-state index contributed by atoms with van der Waals surface area (Å²) in [6, 6.07) is 23.8. The van der Waals surface area contributed by atoms with Gasteiger partial charge in [-0.1, -0.05) is 129 Å². The zero-order valence-electron chi connectivity index (χ0n) is 62.3. The van der Waals surface area contributed by atoms with E-state index < -0.39 is 45.7 Å². The van der Waals surface area contributed by atoms with Crippen LogP contribution in [-0.4, -0.2) is 159 Å². The minimum atomic E-state index is -1.79. The molecule has 0 unspecified atom stereocenters. The number of carboxylic acid groups (broad SMARTS) is 1. The van der Waals surface area contributed by atoms with Crippen molar-refractivity contribution in [2.45, 2.75) is 130 Å². The van der Waals surface area contributed by atoms with Gasteiger partial charge < -0.3 is 65.9 Å². The van der Waals surface area contributed by atoms with Crippen LogP contribution in [0.3, 0.4) is 0 Å². The summed E-state index contributed by atoms with van der Waals surface area (Å²) in [7, 11) is 0. The van der Waals surface area contributed by atoms with Crippen LogP contribution >= 0.6 is 79.6 Å². The fourth-order valence-electron chi connectivity index (χ4n) is 8.66. The molecule has 0 saturated heterocycles. The minimum absolute atomic E-state index is 0.00728. The van der Waals surface area contributed by atoms with Crippen molar-refractivity contribution in [2.24, 2.45) is 0 Å². The Kier molecular flexibility index (Phi) is 37.7. The zero-order valence-corrected chi connectivity index (χ0v) is 70.2. The van der Waals surface area contributed by atoms with E-state index in [1.54, 1.807) is 58.0 Å². The number of benzene rings is 1. The summed E-state index contributed by atoms with van der Waals surface area (Å²) >= 11 is 15.3. The van der Waals surface area contributed by atoms with Crippen molar-refractivity contribution in [1.82, 2.24) is 54.7 Å². The van der Waals surface area contributed by atoms with E-state index in [4.69, 9.17) is 59.3 Å². The maximum Gasteiger partial charge on any atom is 0.336 e. The van der Waals surface area contributed by atoms with Crippen LogP contribution in [0.15, 0.2) is 119 Å². The minimum Gasteiger partial charge on any atom is -0.479 e. The molecule has 1 aromatic carbocycles. The molecular weight excluding hydrogens is 1780 g/mol. The number of hydrogen-bond acceptors (Lipinski definition) is 22. The van der Waals surface area contributed by atoms with Gasteiger partial charge in [0.25, 0.3) is 35.0 Å². The first-order chi connectivity index (χ1) is 53.0. The summed E-state index contributed by atoms with van der Waals surface area (Å²) in [5.41, 5.74) is 6.72. The van der Waals surface area contributed by atoms with E-state index in [1.807, 2.05) is 49.4 Å². The lowest BCUT2D eigenvalue weighted by molar-refractivity contribution is -0.154. The van der Waals surface area contributed by atoms with Gasteiger partial charge in [0.1, 0.15) is 92.0 Å². The molecule has 0 radical (unpaired) electrons. The van der Waals surface area contributed by atoms with Crippen molar-refractivity contribution in [1.29, 1.82) is 15.8 Å². The maximum absolute atomic E-state index is 12.6. The van der Waals surface area contributed by atoms with Gasteiger partial charge in [0.2, 0.25) is 0 Å². The Morgan fingerprint density at radius 3 is 1.22 bits per heavy atom. The van der Waals surface area contributed by atoms with E-state index in [1.165, 1.54) is 93.6 Å². The number of aryl methyl sites for hydroxylation is 5. The molecule has 0 aliphatic rings. The molecule has 584 valence electrons. The van der Waals surface area contributed by atoms with Crippen LogP contribution in [0.1, 0.15) is 95.8 Å².